The Morgan fingerprint density at radius 1 is 0.921 bits per heavy atom. The normalized spacial score (nSPS) is 16.8. The molecule has 5 rings (SSSR count). The molecule has 1 aromatic heterocycles. The van der Waals surface area contributed by atoms with Crippen LogP contribution in [0.5, 0.6) is 5.75 Å². The molecule has 2 aromatic carbocycles. The van der Waals surface area contributed by atoms with Gasteiger partial charge in [0.2, 0.25) is 0 Å². The summed E-state index contributed by atoms with van der Waals surface area (Å²) in [4.78, 5) is 30.3. The van der Waals surface area contributed by atoms with Crippen molar-refractivity contribution in [3.63, 3.8) is 0 Å². The zero-order valence-electron chi connectivity index (χ0n) is 20.1. The summed E-state index contributed by atoms with van der Waals surface area (Å²) < 4.78 is 31.7. The number of anilines is 2. The lowest BCUT2D eigenvalue weighted by molar-refractivity contribution is -0.186. The van der Waals surface area contributed by atoms with Crippen molar-refractivity contribution in [2.24, 2.45) is 0 Å². The summed E-state index contributed by atoms with van der Waals surface area (Å²) in [6, 6.07) is 11.3. The number of carbonyl (C=O) groups excluding carboxylic acids is 2. The van der Waals surface area contributed by atoms with Crippen molar-refractivity contribution in [1.29, 1.82) is 0 Å². The lowest BCUT2D eigenvalue weighted by atomic mass is 9.91. The lowest BCUT2D eigenvalue weighted by Crippen LogP contribution is -2.38. The summed E-state index contributed by atoms with van der Waals surface area (Å²) in [6.45, 7) is 1.14. The minimum atomic E-state index is -0.573. The number of hydrogen-bond donors (Lipinski definition) is 2. The van der Waals surface area contributed by atoms with Crippen molar-refractivity contribution in [1.82, 2.24) is 4.98 Å². The zero-order valence-corrected chi connectivity index (χ0v) is 21.7. The number of carbonyl (C=O) groups is 2. The van der Waals surface area contributed by atoms with Crippen molar-refractivity contribution in [2.45, 2.75) is 37.6 Å². The monoisotopic (exact) mass is 559 g/mol. The molecule has 1 aliphatic carbocycles. The molecule has 1 saturated heterocycles. The van der Waals surface area contributed by atoms with Gasteiger partial charge < -0.3 is 24.8 Å². The first-order chi connectivity index (χ1) is 18.3. The number of aromatic nitrogens is 1. The number of rotatable bonds is 6. The summed E-state index contributed by atoms with van der Waals surface area (Å²) in [7, 11) is 0. The number of benzene rings is 2. The second-order valence-electron chi connectivity index (χ2n) is 9.03. The van der Waals surface area contributed by atoms with Crippen LogP contribution >= 0.6 is 23.2 Å². The number of halogens is 3. The molecule has 1 aliphatic heterocycles. The van der Waals surface area contributed by atoms with Crippen LogP contribution in [0.1, 0.15) is 46.4 Å². The molecule has 11 heteroatoms. The Labute approximate surface area is 228 Å². The van der Waals surface area contributed by atoms with Gasteiger partial charge in [-0.25, -0.2) is 9.37 Å². The Morgan fingerprint density at radius 2 is 1.63 bits per heavy atom. The lowest BCUT2D eigenvalue weighted by Gasteiger charge is -2.35. The van der Waals surface area contributed by atoms with E-state index in [2.05, 4.69) is 15.6 Å². The predicted molar refractivity (Wildman–Crippen MR) is 141 cm³/mol. The van der Waals surface area contributed by atoms with Crippen LogP contribution in [0.15, 0.2) is 54.7 Å². The van der Waals surface area contributed by atoms with Crippen LogP contribution in [0.25, 0.3) is 0 Å². The molecular formula is C27H24Cl2FN3O5. The third kappa shape index (κ3) is 6.07. The van der Waals surface area contributed by atoms with Gasteiger partial charge in [0, 0.05) is 30.1 Å². The Kier molecular flexibility index (Phi) is 7.80. The summed E-state index contributed by atoms with van der Waals surface area (Å²) in [6.07, 6.45) is 3.75. The van der Waals surface area contributed by atoms with E-state index in [9.17, 15) is 14.0 Å². The quantitative estimate of drug-likeness (QED) is 0.378. The minimum Gasteiger partial charge on any atom is -0.489 e. The number of nitrogens with one attached hydrogen (secondary N) is 2. The highest BCUT2D eigenvalue weighted by Gasteiger charge is 2.41. The van der Waals surface area contributed by atoms with E-state index < -0.39 is 23.4 Å². The Balaban J connectivity index is 1.32. The van der Waals surface area contributed by atoms with E-state index in [4.69, 9.17) is 37.4 Å². The second kappa shape index (κ2) is 11.2. The molecule has 1 spiro atoms. The molecule has 0 radical (unpaired) electrons. The largest absolute Gasteiger partial charge is 0.489 e. The Morgan fingerprint density at radius 3 is 2.34 bits per heavy atom. The van der Waals surface area contributed by atoms with Gasteiger partial charge in [0.15, 0.2) is 5.79 Å². The summed E-state index contributed by atoms with van der Waals surface area (Å²) in [5.74, 6) is -1.82. The number of hydrogen-bond acceptors (Lipinski definition) is 6. The van der Waals surface area contributed by atoms with Crippen molar-refractivity contribution in [3.05, 3.63) is 81.7 Å². The fourth-order valence-corrected chi connectivity index (χ4v) is 4.82. The third-order valence-corrected chi connectivity index (χ3v) is 6.89. The van der Waals surface area contributed by atoms with Crippen molar-refractivity contribution < 1.29 is 28.2 Å². The van der Waals surface area contributed by atoms with E-state index in [0.29, 0.717) is 48.9 Å². The van der Waals surface area contributed by atoms with E-state index in [1.54, 1.807) is 18.2 Å². The van der Waals surface area contributed by atoms with Gasteiger partial charge in [-0.2, -0.15) is 0 Å². The van der Waals surface area contributed by atoms with Gasteiger partial charge in [-0.05, 0) is 55.3 Å². The van der Waals surface area contributed by atoms with Crippen molar-refractivity contribution in [2.75, 3.05) is 23.8 Å². The number of nitrogens with zero attached hydrogens (tertiary/aromatic N) is 1. The maximum absolute atomic E-state index is 14.1. The molecule has 2 amide bonds. The Bertz CT molecular complexity index is 1340. The number of ether oxygens (including phenoxy) is 3. The van der Waals surface area contributed by atoms with Crippen LogP contribution in [0, 0.1) is 5.82 Å². The third-order valence-electron chi connectivity index (χ3n) is 6.43. The molecule has 198 valence electrons. The molecule has 0 atom stereocenters. The van der Waals surface area contributed by atoms with Crippen LogP contribution in [0.4, 0.5) is 15.9 Å². The van der Waals surface area contributed by atoms with Gasteiger partial charge in [0.05, 0.1) is 41.2 Å². The number of pyridine rings is 1. The average Bonchev–Trinajstić information content (AvgIpc) is 3.36. The van der Waals surface area contributed by atoms with Crippen molar-refractivity contribution in [3.8, 4) is 5.75 Å². The summed E-state index contributed by atoms with van der Waals surface area (Å²) in [5.41, 5.74) is 0.443. The van der Waals surface area contributed by atoms with Crippen molar-refractivity contribution >= 4 is 46.5 Å². The standard InChI is InChI=1S/C27H24Cl2FN3O5/c28-16-1-5-22(21(13-16)26(35)33-24-6-2-17(29)15-31-24)32-25(34)20-4-3-18(30)14-23(20)38-19-7-9-27(10-8-19)36-11-12-37-27/h1-6,13-15,19H,7-12H2,(H,32,34)(H,31,33,35). The van der Waals surface area contributed by atoms with Gasteiger partial charge in [-0.15, -0.1) is 0 Å². The molecule has 0 unspecified atom stereocenters. The summed E-state index contributed by atoms with van der Waals surface area (Å²) >= 11 is 12.0. The highest BCUT2D eigenvalue weighted by atomic mass is 35.5. The van der Waals surface area contributed by atoms with E-state index >= 15 is 0 Å². The fourth-order valence-electron chi connectivity index (χ4n) is 4.53. The van der Waals surface area contributed by atoms with Crippen LogP contribution in [0.3, 0.4) is 0 Å². The topological polar surface area (TPSA) is 98.8 Å². The van der Waals surface area contributed by atoms with Crippen LogP contribution in [0.2, 0.25) is 10.0 Å². The molecule has 8 nitrogen and oxygen atoms in total. The molecular weight excluding hydrogens is 536 g/mol. The van der Waals surface area contributed by atoms with E-state index in [-0.39, 0.29) is 34.5 Å². The highest BCUT2D eigenvalue weighted by molar-refractivity contribution is 6.31. The molecule has 1 saturated carbocycles. The first-order valence-electron chi connectivity index (χ1n) is 12.1. The highest BCUT2D eigenvalue weighted by Crippen LogP contribution is 2.37. The van der Waals surface area contributed by atoms with Gasteiger partial charge in [0.1, 0.15) is 17.4 Å². The molecule has 38 heavy (non-hydrogen) atoms. The van der Waals surface area contributed by atoms with Crippen LogP contribution in [-0.2, 0) is 9.47 Å². The minimum absolute atomic E-state index is 0.112. The van der Waals surface area contributed by atoms with E-state index in [0.717, 1.165) is 0 Å². The van der Waals surface area contributed by atoms with Gasteiger partial charge in [0.25, 0.3) is 11.8 Å². The first kappa shape index (κ1) is 26.4. The predicted octanol–water partition coefficient (Wildman–Crippen LogP) is 6.10. The average molecular weight is 560 g/mol. The molecule has 3 aromatic rings. The maximum atomic E-state index is 14.1. The molecule has 2 N–H and O–H groups in total. The Hall–Kier alpha value is -3.24. The maximum Gasteiger partial charge on any atom is 0.259 e. The van der Waals surface area contributed by atoms with Gasteiger partial charge in [-0.1, -0.05) is 23.2 Å². The summed E-state index contributed by atoms with van der Waals surface area (Å²) in [5, 5.41) is 6.09. The molecule has 0 bridgehead atoms. The smallest absolute Gasteiger partial charge is 0.259 e. The second-order valence-corrected chi connectivity index (χ2v) is 9.90. The zero-order chi connectivity index (χ0) is 26.7. The van der Waals surface area contributed by atoms with Crippen LogP contribution < -0.4 is 15.4 Å². The molecule has 2 heterocycles. The SMILES string of the molecule is O=C(Nc1ccc(Cl)cn1)c1cc(Cl)ccc1NC(=O)c1ccc(F)cc1OC1CCC2(CC1)OCCO2. The molecule has 2 fully saturated rings. The van der Waals surface area contributed by atoms with Gasteiger partial charge in [-0.3, -0.25) is 9.59 Å². The van der Waals surface area contributed by atoms with Crippen LogP contribution in [-0.4, -0.2) is 41.9 Å². The first-order valence-corrected chi connectivity index (χ1v) is 12.8. The van der Waals surface area contributed by atoms with E-state index in [1.807, 2.05) is 0 Å². The molecule has 2 aliphatic rings. The fraction of sp³-hybridized carbons (Fsp3) is 0.296. The van der Waals surface area contributed by atoms with E-state index in [1.165, 1.54) is 36.5 Å². The van der Waals surface area contributed by atoms with Gasteiger partial charge >= 0.3 is 0 Å². The number of amides is 2.